The van der Waals surface area contributed by atoms with Crippen LogP contribution in [-0.4, -0.2) is 27.7 Å². The van der Waals surface area contributed by atoms with Gasteiger partial charge in [-0.3, -0.25) is 13.5 Å². The quantitative estimate of drug-likeness (QED) is 0.164. The number of nitrogens with zero attached hydrogens (tertiary/aromatic N) is 6. The molecular formula is C63H40N6. The van der Waals surface area contributed by atoms with Gasteiger partial charge in [-0.15, -0.1) is 0 Å². The predicted molar refractivity (Wildman–Crippen MR) is 286 cm³/mol. The molecule has 0 spiro atoms. The molecule has 5 aromatic heterocycles. The highest BCUT2D eigenvalue weighted by Gasteiger charge is 2.25. The van der Waals surface area contributed by atoms with Gasteiger partial charge in [-0.05, 0) is 131 Å². The fourth-order valence-corrected chi connectivity index (χ4v) is 11.2. The molecule has 0 aliphatic heterocycles. The lowest BCUT2D eigenvalue weighted by atomic mass is 9.99. The van der Waals surface area contributed by atoms with E-state index in [9.17, 15) is 0 Å². The first kappa shape index (κ1) is 37.8. The van der Waals surface area contributed by atoms with Crippen molar-refractivity contribution >= 4 is 82.5 Å². The van der Waals surface area contributed by atoms with Crippen LogP contribution in [0.1, 0.15) is 0 Å². The Kier molecular flexibility index (Phi) is 7.97. The topological polar surface area (TPSA) is 37.0 Å². The Morgan fingerprint density at radius 1 is 0.246 bits per heavy atom. The second-order valence-electron chi connectivity index (χ2n) is 18.0. The van der Waals surface area contributed by atoms with Crippen LogP contribution in [0.25, 0.3) is 127 Å². The van der Waals surface area contributed by atoms with Crippen molar-refractivity contribution in [3.05, 3.63) is 243 Å². The highest BCUT2D eigenvalue weighted by molar-refractivity contribution is 6.14. The van der Waals surface area contributed by atoms with Crippen LogP contribution >= 0.6 is 0 Å². The average molecular weight is 881 g/mol. The number of para-hydroxylation sites is 6. The zero-order chi connectivity index (χ0) is 45.2. The maximum absolute atomic E-state index is 5.49. The Hall–Kier alpha value is -9.39. The lowest BCUT2D eigenvalue weighted by Crippen LogP contribution is -1.97. The molecule has 69 heavy (non-hydrogen) atoms. The molecule has 0 atom stereocenters. The van der Waals surface area contributed by atoms with Gasteiger partial charge in [0.15, 0.2) is 5.65 Å². The van der Waals surface area contributed by atoms with E-state index in [0.717, 1.165) is 72.8 Å². The fourth-order valence-electron chi connectivity index (χ4n) is 11.2. The first-order valence-electron chi connectivity index (χ1n) is 23.6. The van der Waals surface area contributed by atoms with E-state index in [1.807, 2.05) is 0 Å². The summed E-state index contributed by atoms with van der Waals surface area (Å²) in [6.45, 7) is 0. The van der Waals surface area contributed by atoms with Gasteiger partial charge in [-0.2, -0.15) is 0 Å². The molecule has 6 nitrogen and oxygen atoms in total. The Morgan fingerprint density at radius 3 is 1.12 bits per heavy atom. The number of rotatable bonds is 6. The smallest absolute Gasteiger partial charge is 0.221 e. The van der Waals surface area contributed by atoms with Crippen LogP contribution in [0.2, 0.25) is 0 Å². The normalized spacial score (nSPS) is 12.1. The van der Waals surface area contributed by atoms with Gasteiger partial charge in [-0.1, -0.05) is 133 Å². The Bertz CT molecular complexity index is 4510. The molecule has 0 radical (unpaired) electrons. The number of aromatic nitrogens is 6. The summed E-state index contributed by atoms with van der Waals surface area (Å²) in [5.41, 5.74) is 19.2. The van der Waals surface area contributed by atoms with Crippen molar-refractivity contribution in [3.63, 3.8) is 0 Å². The minimum atomic E-state index is 0.880. The largest absolute Gasteiger partial charge is 0.309 e. The molecule has 15 aromatic rings. The van der Waals surface area contributed by atoms with Crippen LogP contribution in [0.15, 0.2) is 243 Å². The van der Waals surface area contributed by atoms with Gasteiger partial charge < -0.3 is 9.13 Å². The maximum atomic E-state index is 5.49. The minimum absolute atomic E-state index is 0.880. The predicted octanol–water partition coefficient (Wildman–Crippen LogP) is 15.9. The molecule has 322 valence electrons. The van der Waals surface area contributed by atoms with Gasteiger partial charge in [-0.25, -0.2) is 4.98 Å². The van der Waals surface area contributed by atoms with Crippen LogP contribution in [0.3, 0.4) is 0 Å². The van der Waals surface area contributed by atoms with Gasteiger partial charge in [0.05, 0.1) is 38.6 Å². The highest BCUT2D eigenvalue weighted by atomic mass is 15.3. The third kappa shape index (κ3) is 5.51. The molecule has 0 unspecified atom stereocenters. The first-order valence-corrected chi connectivity index (χ1v) is 23.6. The molecule has 0 amide bonds. The summed E-state index contributed by atoms with van der Waals surface area (Å²) >= 11 is 0. The molecule has 0 aliphatic carbocycles. The monoisotopic (exact) mass is 880 g/mol. The molecule has 10 aromatic carbocycles. The van der Waals surface area contributed by atoms with E-state index in [1.165, 1.54) is 54.7 Å². The van der Waals surface area contributed by atoms with Crippen LogP contribution in [0, 0.1) is 0 Å². The molecule has 6 heteroatoms. The van der Waals surface area contributed by atoms with Gasteiger partial charge in [0.25, 0.3) is 0 Å². The molecule has 5 heterocycles. The Balaban J connectivity index is 0.943. The molecule has 15 rings (SSSR count). The molecular weight excluding hydrogens is 841 g/mol. The van der Waals surface area contributed by atoms with Crippen molar-refractivity contribution in [1.29, 1.82) is 0 Å². The van der Waals surface area contributed by atoms with E-state index in [0.29, 0.717) is 0 Å². The number of benzene rings is 10. The van der Waals surface area contributed by atoms with Crippen LogP contribution in [-0.2, 0) is 0 Å². The number of imidazole rings is 2. The fraction of sp³-hybridized carbons (Fsp3) is 0. The Morgan fingerprint density at radius 2 is 0.609 bits per heavy atom. The maximum Gasteiger partial charge on any atom is 0.221 e. The van der Waals surface area contributed by atoms with Crippen molar-refractivity contribution in [3.8, 4) is 45.0 Å². The zero-order valence-electron chi connectivity index (χ0n) is 37.3. The second-order valence-corrected chi connectivity index (χ2v) is 18.0. The van der Waals surface area contributed by atoms with Crippen molar-refractivity contribution < 1.29 is 0 Å². The summed E-state index contributed by atoms with van der Waals surface area (Å²) in [6, 6.07) is 87.9. The standard InChI is InChI=1S/C63H40N6/c1-5-17-45(18-6-1)65-54-27-15-13-25-49(54)51-37-41(29-33-56(51)65)42-30-34-57-52(38-42)53-39-43(31-35-58(53)66(57)46-19-7-2-8-20-46)44-32-36-59-60(40-44)68(48-23-11-4-12-24-48)63-64-61-50-26-14-16-28-55(50)67(62(61)69(59)63)47-21-9-3-10-22-47/h1-40H. The lowest BCUT2D eigenvalue weighted by Gasteiger charge is -2.09. The average Bonchev–Trinajstić information content (AvgIpc) is 4.21. The molecule has 0 fully saturated rings. The molecule has 0 bridgehead atoms. The summed E-state index contributed by atoms with van der Waals surface area (Å²) in [7, 11) is 0. The summed E-state index contributed by atoms with van der Waals surface area (Å²) in [6.07, 6.45) is 0. The van der Waals surface area contributed by atoms with E-state index >= 15 is 0 Å². The summed E-state index contributed by atoms with van der Waals surface area (Å²) in [5, 5.41) is 6.04. The van der Waals surface area contributed by atoms with E-state index in [1.54, 1.807) is 0 Å². The van der Waals surface area contributed by atoms with Gasteiger partial charge in [0.1, 0.15) is 5.52 Å². The number of hydrogen-bond donors (Lipinski definition) is 0. The van der Waals surface area contributed by atoms with Crippen molar-refractivity contribution in [1.82, 2.24) is 27.7 Å². The van der Waals surface area contributed by atoms with Crippen LogP contribution in [0.5, 0.6) is 0 Å². The molecule has 0 N–H and O–H groups in total. The van der Waals surface area contributed by atoms with Crippen molar-refractivity contribution in [2.24, 2.45) is 0 Å². The summed E-state index contributed by atoms with van der Waals surface area (Å²) in [4.78, 5) is 5.49. The second kappa shape index (κ2) is 14.6. The molecule has 0 aliphatic rings. The molecule has 0 saturated heterocycles. The van der Waals surface area contributed by atoms with Gasteiger partial charge in [0, 0.05) is 49.7 Å². The van der Waals surface area contributed by atoms with Crippen LogP contribution in [0.4, 0.5) is 0 Å². The zero-order valence-corrected chi connectivity index (χ0v) is 37.3. The van der Waals surface area contributed by atoms with E-state index in [-0.39, 0.29) is 0 Å². The third-order valence-electron chi connectivity index (χ3n) is 14.3. The van der Waals surface area contributed by atoms with Crippen molar-refractivity contribution in [2.45, 2.75) is 0 Å². The Labute approximate surface area is 396 Å². The van der Waals surface area contributed by atoms with E-state index in [2.05, 4.69) is 265 Å². The van der Waals surface area contributed by atoms with Gasteiger partial charge in [0.2, 0.25) is 5.78 Å². The SMILES string of the molecule is c1ccc(-n2c3ccccc3c3cc(-c4ccc5c(c4)c4cc(-c6ccc7c(c6)n(-c6ccccc6)c6nc8c9ccccc9n(-c9ccccc9)c8n76)ccc4n5-c4ccccc4)ccc32)cc1. The number of hydrogen-bond acceptors (Lipinski definition) is 1. The lowest BCUT2D eigenvalue weighted by molar-refractivity contribution is 1.08. The highest BCUT2D eigenvalue weighted by Crippen LogP contribution is 2.42. The number of fused-ring (bicyclic) bond motifs is 13. The molecule has 0 saturated carbocycles. The van der Waals surface area contributed by atoms with Crippen LogP contribution < -0.4 is 0 Å². The third-order valence-corrected chi connectivity index (χ3v) is 14.3. The van der Waals surface area contributed by atoms with Crippen molar-refractivity contribution in [2.75, 3.05) is 0 Å². The van der Waals surface area contributed by atoms with Gasteiger partial charge >= 0.3 is 0 Å². The summed E-state index contributed by atoms with van der Waals surface area (Å²) < 4.78 is 11.8. The van der Waals surface area contributed by atoms with E-state index in [4.69, 9.17) is 4.98 Å². The summed E-state index contributed by atoms with van der Waals surface area (Å²) in [5.74, 6) is 0.880. The first-order chi connectivity index (χ1) is 34.2. The van der Waals surface area contributed by atoms with E-state index < -0.39 is 0 Å². The minimum Gasteiger partial charge on any atom is -0.309 e.